The molecule has 2 heteroatoms. The Morgan fingerprint density at radius 2 is 2.06 bits per heavy atom. The minimum absolute atomic E-state index is 0.108. The van der Waals surface area contributed by atoms with Gasteiger partial charge in [-0.1, -0.05) is 25.0 Å². The summed E-state index contributed by atoms with van der Waals surface area (Å²) in [6.07, 6.45) is 12.4. The smallest absolute Gasteiger partial charge is 0.148 e. The maximum absolute atomic E-state index is 12.8. The third kappa shape index (κ3) is 0.839. The highest BCUT2D eigenvalue weighted by Gasteiger charge is 2.66. The molecule has 0 unspecified atom stereocenters. The van der Waals surface area contributed by atoms with Gasteiger partial charge in [0.05, 0.1) is 17.1 Å². The normalized spacial score (nSPS) is 53.9. The van der Waals surface area contributed by atoms with Gasteiger partial charge < -0.3 is 4.74 Å². The predicted octanol–water partition coefficient (Wildman–Crippen LogP) is 2.62. The van der Waals surface area contributed by atoms with Crippen LogP contribution in [0.2, 0.25) is 0 Å². The molecule has 4 bridgehead atoms. The molecule has 86 valence electrons. The highest BCUT2D eigenvalue weighted by Crippen LogP contribution is 2.62. The summed E-state index contributed by atoms with van der Waals surface area (Å²) in [5.74, 6) is 0.719. The molecule has 4 atom stereocenters. The lowest BCUT2D eigenvalue weighted by Crippen LogP contribution is -2.56. The van der Waals surface area contributed by atoms with Gasteiger partial charge in [0.25, 0.3) is 0 Å². The lowest BCUT2D eigenvalue weighted by atomic mass is 9.65. The van der Waals surface area contributed by atoms with Gasteiger partial charge >= 0.3 is 0 Å². The lowest BCUT2D eigenvalue weighted by Gasteiger charge is -2.47. The summed E-state index contributed by atoms with van der Waals surface area (Å²) in [4.78, 5) is 12.8. The SMILES string of the molecule is O=C1[C@@H]2CCCC[C@@]13CCC[C@]31C=C[C@H]2O1. The first-order valence-electron chi connectivity index (χ1n) is 6.69. The number of ketones is 1. The first kappa shape index (κ1) is 9.41. The summed E-state index contributed by atoms with van der Waals surface area (Å²) in [5.41, 5.74) is -0.312. The van der Waals surface area contributed by atoms with Gasteiger partial charge in [0.15, 0.2) is 0 Å². The van der Waals surface area contributed by atoms with Crippen molar-refractivity contribution in [2.24, 2.45) is 11.3 Å². The first-order chi connectivity index (χ1) is 7.78. The standard InChI is InChI=1S/C14H18O2/c15-12-10-4-1-2-6-13(12)7-3-8-14(13)9-5-11(10)16-14/h5,9-11H,1-4,6-8H2/t10-,11-,13-,14+/m1/s1. The van der Waals surface area contributed by atoms with E-state index in [0.717, 1.165) is 32.1 Å². The van der Waals surface area contributed by atoms with E-state index in [1.165, 1.54) is 12.8 Å². The van der Waals surface area contributed by atoms with Gasteiger partial charge in [-0.2, -0.15) is 0 Å². The van der Waals surface area contributed by atoms with Crippen LogP contribution in [0, 0.1) is 11.3 Å². The molecule has 0 aromatic rings. The van der Waals surface area contributed by atoms with E-state index in [1.807, 2.05) is 0 Å². The highest BCUT2D eigenvalue weighted by molar-refractivity contribution is 5.91. The topological polar surface area (TPSA) is 26.3 Å². The fourth-order valence-electron chi connectivity index (χ4n) is 4.69. The third-order valence-corrected chi connectivity index (χ3v) is 5.44. The molecule has 4 aliphatic rings. The van der Waals surface area contributed by atoms with Crippen LogP contribution in [0.25, 0.3) is 0 Å². The molecule has 4 rings (SSSR count). The maximum Gasteiger partial charge on any atom is 0.148 e. The van der Waals surface area contributed by atoms with Gasteiger partial charge in [0.2, 0.25) is 0 Å². The molecule has 0 aromatic heterocycles. The maximum atomic E-state index is 12.8. The minimum Gasteiger partial charge on any atom is -0.362 e. The summed E-state index contributed by atoms with van der Waals surface area (Å²) < 4.78 is 6.29. The van der Waals surface area contributed by atoms with Crippen LogP contribution in [-0.2, 0) is 9.53 Å². The molecule has 0 aromatic carbocycles. The van der Waals surface area contributed by atoms with Crippen LogP contribution >= 0.6 is 0 Å². The van der Waals surface area contributed by atoms with Crippen LogP contribution < -0.4 is 0 Å². The largest absolute Gasteiger partial charge is 0.362 e. The quantitative estimate of drug-likeness (QED) is 0.584. The molecule has 16 heavy (non-hydrogen) atoms. The van der Waals surface area contributed by atoms with Crippen molar-refractivity contribution in [3.8, 4) is 0 Å². The van der Waals surface area contributed by atoms with Crippen molar-refractivity contribution >= 4 is 5.78 Å². The Labute approximate surface area is 96.0 Å². The van der Waals surface area contributed by atoms with Crippen molar-refractivity contribution in [1.82, 2.24) is 0 Å². The molecule has 0 radical (unpaired) electrons. The third-order valence-electron chi connectivity index (χ3n) is 5.44. The second kappa shape index (κ2) is 2.79. The Balaban J connectivity index is 1.92. The highest BCUT2D eigenvalue weighted by atomic mass is 16.5. The van der Waals surface area contributed by atoms with E-state index in [0.29, 0.717) is 5.78 Å². The molecule has 2 saturated carbocycles. The second-order valence-electron chi connectivity index (χ2n) is 5.98. The van der Waals surface area contributed by atoms with Gasteiger partial charge in [-0.15, -0.1) is 0 Å². The number of ether oxygens (including phenoxy) is 1. The average Bonchev–Trinajstić information content (AvgIpc) is 2.81. The van der Waals surface area contributed by atoms with Gasteiger partial charge in [-0.3, -0.25) is 4.79 Å². The molecule has 2 aliphatic carbocycles. The van der Waals surface area contributed by atoms with Crippen LogP contribution in [0.4, 0.5) is 0 Å². The van der Waals surface area contributed by atoms with Gasteiger partial charge in [0, 0.05) is 5.92 Å². The second-order valence-corrected chi connectivity index (χ2v) is 5.98. The Bertz CT molecular complexity index is 386. The lowest BCUT2D eigenvalue weighted by molar-refractivity contribution is -0.177. The van der Waals surface area contributed by atoms with Crippen molar-refractivity contribution < 1.29 is 9.53 Å². The molecule has 2 aliphatic heterocycles. The Hall–Kier alpha value is -0.630. The van der Waals surface area contributed by atoms with Crippen molar-refractivity contribution in [3.63, 3.8) is 0 Å². The monoisotopic (exact) mass is 218 g/mol. The number of Topliss-reactive ketones (excluding diaryl/α,β-unsaturated/α-hetero) is 1. The minimum atomic E-state index is -0.185. The van der Waals surface area contributed by atoms with Crippen LogP contribution in [0.15, 0.2) is 12.2 Å². The van der Waals surface area contributed by atoms with Crippen molar-refractivity contribution in [2.75, 3.05) is 0 Å². The molecule has 0 N–H and O–H groups in total. The van der Waals surface area contributed by atoms with E-state index < -0.39 is 0 Å². The summed E-state index contributed by atoms with van der Waals surface area (Å²) in [6.45, 7) is 0. The van der Waals surface area contributed by atoms with Gasteiger partial charge in [-0.05, 0) is 32.1 Å². The number of hydrogen-bond acceptors (Lipinski definition) is 2. The molecule has 2 heterocycles. The first-order valence-corrected chi connectivity index (χ1v) is 6.69. The molecule has 2 nitrogen and oxygen atoms in total. The molecule has 2 spiro atoms. The van der Waals surface area contributed by atoms with Crippen molar-refractivity contribution in [3.05, 3.63) is 12.2 Å². The summed E-state index contributed by atoms with van der Waals surface area (Å²) in [5, 5.41) is 0. The van der Waals surface area contributed by atoms with E-state index in [9.17, 15) is 4.79 Å². The fraction of sp³-hybridized carbons (Fsp3) is 0.786. The van der Waals surface area contributed by atoms with Crippen LogP contribution in [0.3, 0.4) is 0 Å². The number of carbonyl (C=O) groups is 1. The van der Waals surface area contributed by atoms with E-state index in [4.69, 9.17) is 4.74 Å². The van der Waals surface area contributed by atoms with Crippen LogP contribution in [0.5, 0.6) is 0 Å². The van der Waals surface area contributed by atoms with Gasteiger partial charge in [0.1, 0.15) is 5.78 Å². The zero-order valence-electron chi connectivity index (χ0n) is 9.58. The van der Waals surface area contributed by atoms with E-state index in [1.54, 1.807) is 0 Å². The van der Waals surface area contributed by atoms with Gasteiger partial charge in [-0.25, -0.2) is 0 Å². The predicted molar refractivity (Wildman–Crippen MR) is 60.0 cm³/mol. The molecule has 1 saturated heterocycles. The average molecular weight is 218 g/mol. The van der Waals surface area contributed by atoms with Crippen molar-refractivity contribution in [1.29, 1.82) is 0 Å². The Kier molecular flexibility index (Phi) is 1.64. The molecule has 3 fully saturated rings. The summed E-state index contributed by atoms with van der Waals surface area (Å²) in [7, 11) is 0. The van der Waals surface area contributed by atoms with Crippen LogP contribution in [0.1, 0.15) is 44.9 Å². The number of rotatable bonds is 0. The summed E-state index contributed by atoms with van der Waals surface area (Å²) in [6, 6.07) is 0. The fourth-order valence-corrected chi connectivity index (χ4v) is 4.69. The zero-order chi connectivity index (χ0) is 10.8. The zero-order valence-corrected chi connectivity index (χ0v) is 9.58. The number of hydrogen-bond donors (Lipinski definition) is 0. The van der Waals surface area contributed by atoms with E-state index >= 15 is 0 Å². The summed E-state index contributed by atoms with van der Waals surface area (Å²) >= 11 is 0. The molecular formula is C14H18O2. The number of fused-ring (bicyclic) bond motifs is 3. The van der Waals surface area contributed by atoms with Crippen molar-refractivity contribution in [2.45, 2.75) is 56.7 Å². The molecular weight excluding hydrogens is 200 g/mol. The van der Waals surface area contributed by atoms with Crippen LogP contribution in [-0.4, -0.2) is 17.5 Å². The Morgan fingerprint density at radius 3 is 3.00 bits per heavy atom. The Morgan fingerprint density at radius 1 is 1.19 bits per heavy atom. The van der Waals surface area contributed by atoms with E-state index in [-0.39, 0.29) is 23.0 Å². The number of carbonyl (C=O) groups excluding carboxylic acids is 1. The molecule has 0 amide bonds. The van der Waals surface area contributed by atoms with E-state index in [2.05, 4.69) is 12.2 Å².